The lowest BCUT2D eigenvalue weighted by atomic mass is 10.1. The van der Waals surface area contributed by atoms with Crippen molar-refractivity contribution in [1.29, 1.82) is 0 Å². The van der Waals surface area contributed by atoms with Crippen molar-refractivity contribution in [2.24, 2.45) is 7.05 Å². The number of rotatable bonds is 5. The Balaban J connectivity index is 1.40. The average molecular weight is 328 g/mol. The topological polar surface area (TPSA) is 51.8 Å². The van der Waals surface area contributed by atoms with Gasteiger partial charge in [0.15, 0.2) is 0 Å². The van der Waals surface area contributed by atoms with Gasteiger partial charge in [-0.2, -0.15) is 5.10 Å². The fourth-order valence-electron chi connectivity index (χ4n) is 4.23. The van der Waals surface area contributed by atoms with Crippen molar-refractivity contribution in [3.63, 3.8) is 0 Å². The summed E-state index contributed by atoms with van der Waals surface area (Å²) in [7, 11) is 1.98. The Morgan fingerprint density at radius 2 is 2.08 bits per heavy atom. The second-order valence-electron chi connectivity index (χ2n) is 7.26. The molecule has 1 saturated heterocycles. The molecule has 2 aliphatic heterocycles. The molecule has 0 aliphatic carbocycles. The molecule has 0 saturated carbocycles. The van der Waals surface area contributed by atoms with Crippen LogP contribution in [-0.4, -0.2) is 42.5 Å². The molecule has 6 heteroatoms. The lowest BCUT2D eigenvalue weighted by Crippen LogP contribution is -2.27. The first kappa shape index (κ1) is 15.8. The van der Waals surface area contributed by atoms with Crippen LogP contribution in [0.3, 0.4) is 0 Å². The normalized spacial score (nSPS) is 21.8. The first-order valence-corrected chi connectivity index (χ1v) is 9.45. The van der Waals surface area contributed by atoms with E-state index < -0.39 is 0 Å². The van der Waals surface area contributed by atoms with Gasteiger partial charge < -0.3 is 4.57 Å². The third-order valence-electron chi connectivity index (χ3n) is 5.47. The average Bonchev–Trinajstić information content (AvgIpc) is 3.25. The highest BCUT2D eigenvalue weighted by molar-refractivity contribution is 5.06. The van der Waals surface area contributed by atoms with E-state index in [1.807, 2.05) is 17.9 Å². The summed E-state index contributed by atoms with van der Waals surface area (Å²) in [5.74, 6) is 2.44. The number of nitrogens with zero attached hydrogens (tertiary/aromatic N) is 6. The van der Waals surface area contributed by atoms with Gasteiger partial charge in [0.05, 0.1) is 12.2 Å². The van der Waals surface area contributed by atoms with Gasteiger partial charge in [-0.25, -0.2) is 0 Å². The third-order valence-corrected chi connectivity index (χ3v) is 5.47. The van der Waals surface area contributed by atoms with Crippen molar-refractivity contribution in [3.05, 3.63) is 29.6 Å². The van der Waals surface area contributed by atoms with Crippen LogP contribution in [0.15, 0.2) is 12.4 Å². The van der Waals surface area contributed by atoms with Crippen LogP contribution in [0.5, 0.6) is 0 Å². The molecule has 0 N–H and O–H groups in total. The highest BCUT2D eigenvalue weighted by Gasteiger charge is 2.30. The van der Waals surface area contributed by atoms with Crippen LogP contribution < -0.4 is 0 Å². The van der Waals surface area contributed by atoms with Gasteiger partial charge >= 0.3 is 0 Å². The first-order chi connectivity index (χ1) is 11.8. The van der Waals surface area contributed by atoms with Gasteiger partial charge in [-0.05, 0) is 57.2 Å². The Morgan fingerprint density at radius 3 is 2.96 bits per heavy atom. The highest BCUT2D eigenvalue weighted by Crippen LogP contribution is 2.32. The van der Waals surface area contributed by atoms with Gasteiger partial charge in [0, 0.05) is 26.2 Å². The Kier molecular flexibility index (Phi) is 4.65. The number of likely N-dealkylation sites (tertiary alicyclic amines) is 1. The number of hydrogen-bond acceptors (Lipinski definition) is 4. The van der Waals surface area contributed by atoms with E-state index in [-0.39, 0.29) is 0 Å². The summed E-state index contributed by atoms with van der Waals surface area (Å²) in [6, 6.07) is 0.471. The summed E-state index contributed by atoms with van der Waals surface area (Å²) in [5, 5.41) is 13.4. The van der Waals surface area contributed by atoms with Crippen molar-refractivity contribution < 1.29 is 0 Å². The van der Waals surface area contributed by atoms with Crippen molar-refractivity contribution in [2.75, 3.05) is 13.1 Å². The van der Waals surface area contributed by atoms with Crippen molar-refractivity contribution in [2.45, 2.75) is 64.0 Å². The number of aryl methyl sites for hydroxylation is 3. The molecule has 24 heavy (non-hydrogen) atoms. The van der Waals surface area contributed by atoms with E-state index in [9.17, 15) is 0 Å². The van der Waals surface area contributed by atoms with E-state index in [1.165, 1.54) is 62.3 Å². The maximum Gasteiger partial charge on any atom is 0.150 e. The monoisotopic (exact) mass is 328 g/mol. The van der Waals surface area contributed by atoms with Gasteiger partial charge in [-0.1, -0.05) is 6.42 Å². The van der Waals surface area contributed by atoms with Gasteiger partial charge in [0.25, 0.3) is 0 Å². The van der Waals surface area contributed by atoms with E-state index in [0.29, 0.717) is 6.04 Å². The molecule has 1 fully saturated rings. The minimum atomic E-state index is 0.471. The minimum Gasteiger partial charge on any atom is -0.314 e. The zero-order chi connectivity index (χ0) is 16.4. The zero-order valence-corrected chi connectivity index (χ0v) is 14.7. The van der Waals surface area contributed by atoms with E-state index in [1.54, 1.807) is 0 Å². The molecule has 0 spiro atoms. The Bertz CT molecular complexity index is 673. The van der Waals surface area contributed by atoms with Gasteiger partial charge in [0.1, 0.15) is 11.6 Å². The number of hydrogen-bond donors (Lipinski definition) is 0. The van der Waals surface area contributed by atoms with Gasteiger partial charge in [0.2, 0.25) is 0 Å². The quantitative estimate of drug-likeness (QED) is 0.846. The number of fused-ring (bicyclic) bond motifs is 1. The Hall–Kier alpha value is -1.69. The van der Waals surface area contributed by atoms with Crippen LogP contribution in [0.1, 0.15) is 61.8 Å². The molecule has 2 aliphatic rings. The van der Waals surface area contributed by atoms with Gasteiger partial charge in [-0.3, -0.25) is 9.58 Å². The van der Waals surface area contributed by atoms with Crippen LogP contribution in [0.2, 0.25) is 0 Å². The Labute approximate surface area is 143 Å². The van der Waals surface area contributed by atoms with Crippen molar-refractivity contribution in [3.8, 4) is 0 Å². The van der Waals surface area contributed by atoms with E-state index in [2.05, 4.69) is 31.0 Å². The molecule has 0 aromatic carbocycles. The summed E-state index contributed by atoms with van der Waals surface area (Å²) in [6.07, 6.45) is 13.9. The van der Waals surface area contributed by atoms with Crippen LogP contribution >= 0.6 is 0 Å². The molecular formula is C18H28N6. The molecule has 2 aromatic rings. The molecule has 1 atom stereocenters. The van der Waals surface area contributed by atoms with Crippen molar-refractivity contribution >= 4 is 0 Å². The highest BCUT2D eigenvalue weighted by atomic mass is 15.3. The molecule has 2 aromatic heterocycles. The second kappa shape index (κ2) is 7.05. The maximum atomic E-state index is 4.60. The van der Waals surface area contributed by atoms with Crippen LogP contribution in [0, 0.1) is 0 Å². The molecule has 4 rings (SSSR count). The molecule has 0 bridgehead atoms. The molecule has 1 unspecified atom stereocenters. The van der Waals surface area contributed by atoms with E-state index in [0.717, 1.165) is 25.9 Å². The summed E-state index contributed by atoms with van der Waals surface area (Å²) in [4.78, 5) is 2.62. The second-order valence-corrected chi connectivity index (χ2v) is 7.26. The molecular weight excluding hydrogens is 300 g/mol. The molecule has 0 amide bonds. The van der Waals surface area contributed by atoms with Crippen LogP contribution in [-0.2, 0) is 26.4 Å². The lowest BCUT2D eigenvalue weighted by molar-refractivity contribution is 0.240. The molecule has 130 valence electrons. The fourth-order valence-corrected chi connectivity index (χ4v) is 4.23. The van der Waals surface area contributed by atoms with Gasteiger partial charge in [-0.15, -0.1) is 10.2 Å². The van der Waals surface area contributed by atoms with E-state index in [4.69, 9.17) is 0 Å². The minimum absolute atomic E-state index is 0.471. The molecule has 4 heterocycles. The summed E-state index contributed by atoms with van der Waals surface area (Å²) < 4.78 is 4.32. The maximum absolute atomic E-state index is 4.60. The predicted octanol–water partition coefficient (Wildman–Crippen LogP) is 2.51. The predicted molar refractivity (Wildman–Crippen MR) is 92.7 cm³/mol. The Morgan fingerprint density at radius 1 is 1.12 bits per heavy atom. The van der Waals surface area contributed by atoms with Crippen LogP contribution in [0.25, 0.3) is 0 Å². The van der Waals surface area contributed by atoms with E-state index >= 15 is 0 Å². The zero-order valence-electron chi connectivity index (χ0n) is 14.7. The first-order valence-electron chi connectivity index (χ1n) is 9.45. The molecule has 6 nitrogen and oxygen atoms in total. The molecule has 0 radical (unpaired) electrons. The standard InChI is InChI=1S/C18H28N6/c1-22-14-15(13-19-22)7-5-10-23-11-6-8-16(23)18-21-20-17-9-3-2-4-12-24(17)18/h13-14,16H,2-12H2,1H3. The van der Waals surface area contributed by atoms with Crippen LogP contribution in [0.4, 0.5) is 0 Å². The SMILES string of the molecule is Cn1cc(CCCN2CCCC2c2nnc3n2CCCCC3)cn1. The third kappa shape index (κ3) is 3.24. The van der Waals surface area contributed by atoms with Crippen molar-refractivity contribution in [1.82, 2.24) is 29.4 Å². The summed E-state index contributed by atoms with van der Waals surface area (Å²) in [6.45, 7) is 3.44. The smallest absolute Gasteiger partial charge is 0.150 e. The number of aromatic nitrogens is 5. The summed E-state index contributed by atoms with van der Waals surface area (Å²) in [5.41, 5.74) is 1.34. The fraction of sp³-hybridized carbons (Fsp3) is 0.722. The summed E-state index contributed by atoms with van der Waals surface area (Å²) >= 11 is 0. The largest absolute Gasteiger partial charge is 0.314 e. The lowest BCUT2D eigenvalue weighted by Gasteiger charge is -2.24.